The summed E-state index contributed by atoms with van der Waals surface area (Å²) in [6, 6.07) is 9.85. The van der Waals surface area contributed by atoms with Gasteiger partial charge in [0.05, 0.1) is 17.4 Å². The van der Waals surface area contributed by atoms with Crippen molar-refractivity contribution in [3.05, 3.63) is 41.8 Å². The molecule has 0 unspecified atom stereocenters. The largest absolute Gasteiger partial charge is 0.365 e. The summed E-state index contributed by atoms with van der Waals surface area (Å²) in [5.74, 6) is -0.185. The first-order chi connectivity index (χ1) is 11.7. The average molecular weight is 341 g/mol. The van der Waals surface area contributed by atoms with Gasteiger partial charge in [0.1, 0.15) is 11.3 Å². The summed E-state index contributed by atoms with van der Waals surface area (Å²) in [6.45, 7) is 3.91. The standard InChI is InChI=1S/C17H16FN5S/c1-10-6-15(16-17(19-10)21-24-20-16)23-9-13-7-14(23)8-22(13)12-4-2-11(18)3-5-12/h2-6,13-14H,7-9H2,1H3/t13-,14-/m0/s1. The highest BCUT2D eigenvalue weighted by Gasteiger charge is 2.44. The molecule has 5 nitrogen and oxygen atoms in total. The van der Waals surface area contributed by atoms with Crippen LogP contribution in [-0.4, -0.2) is 38.9 Å². The van der Waals surface area contributed by atoms with Crippen molar-refractivity contribution in [3.63, 3.8) is 0 Å². The Morgan fingerprint density at radius 1 is 1.08 bits per heavy atom. The van der Waals surface area contributed by atoms with Crippen molar-refractivity contribution >= 4 is 34.3 Å². The lowest BCUT2D eigenvalue weighted by Crippen LogP contribution is -2.46. The molecule has 0 N–H and O–H groups in total. The molecular weight excluding hydrogens is 325 g/mol. The van der Waals surface area contributed by atoms with Crippen LogP contribution >= 0.6 is 11.7 Å². The summed E-state index contributed by atoms with van der Waals surface area (Å²) in [4.78, 5) is 9.31. The van der Waals surface area contributed by atoms with Crippen LogP contribution in [0.1, 0.15) is 12.1 Å². The summed E-state index contributed by atoms with van der Waals surface area (Å²) in [5.41, 5.74) is 4.88. The van der Waals surface area contributed by atoms with Crippen molar-refractivity contribution in [2.45, 2.75) is 25.4 Å². The highest BCUT2D eigenvalue weighted by molar-refractivity contribution is 7.00. The molecule has 2 saturated heterocycles. The topological polar surface area (TPSA) is 45.2 Å². The Hall–Kier alpha value is -2.28. The Labute approximate surface area is 143 Å². The molecule has 3 aromatic rings. The van der Waals surface area contributed by atoms with Crippen molar-refractivity contribution < 1.29 is 4.39 Å². The highest BCUT2D eigenvalue weighted by Crippen LogP contribution is 2.39. The fourth-order valence-corrected chi connectivity index (χ4v) is 4.52. The van der Waals surface area contributed by atoms with Crippen molar-refractivity contribution in [1.29, 1.82) is 0 Å². The zero-order valence-corrected chi connectivity index (χ0v) is 14.0. The molecule has 0 aliphatic carbocycles. The number of anilines is 2. The quantitative estimate of drug-likeness (QED) is 0.717. The third-order valence-corrected chi connectivity index (χ3v) is 5.57. The molecule has 0 spiro atoms. The van der Waals surface area contributed by atoms with E-state index in [0.29, 0.717) is 12.1 Å². The van der Waals surface area contributed by atoms with E-state index in [1.807, 2.05) is 19.1 Å². The highest BCUT2D eigenvalue weighted by atomic mass is 32.1. The van der Waals surface area contributed by atoms with Crippen LogP contribution in [0, 0.1) is 12.7 Å². The first-order valence-corrected chi connectivity index (χ1v) is 8.81. The van der Waals surface area contributed by atoms with Crippen LogP contribution in [-0.2, 0) is 0 Å². The summed E-state index contributed by atoms with van der Waals surface area (Å²) in [6.07, 6.45) is 1.12. The number of aryl methyl sites for hydroxylation is 1. The monoisotopic (exact) mass is 341 g/mol. The predicted octanol–water partition coefficient (Wildman–Crippen LogP) is 3.00. The Bertz CT molecular complexity index is 909. The molecule has 0 radical (unpaired) electrons. The summed E-state index contributed by atoms with van der Waals surface area (Å²) < 4.78 is 21.9. The minimum Gasteiger partial charge on any atom is -0.365 e. The first kappa shape index (κ1) is 14.1. The number of hydrogen-bond donors (Lipinski definition) is 0. The number of hydrogen-bond acceptors (Lipinski definition) is 6. The Kier molecular flexibility index (Phi) is 3.00. The van der Waals surface area contributed by atoms with Gasteiger partial charge in [-0.15, -0.1) is 0 Å². The number of aromatic nitrogens is 3. The SMILES string of the molecule is Cc1cc(N2C[C@@H]3C[C@H]2CN3c2ccc(F)cc2)c2nsnc2n1. The van der Waals surface area contributed by atoms with Crippen molar-refractivity contribution in [1.82, 2.24) is 13.7 Å². The lowest BCUT2D eigenvalue weighted by molar-refractivity contribution is 0.624. The number of rotatable bonds is 2. The number of nitrogens with zero attached hydrogens (tertiary/aromatic N) is 5. The molecule has 2 aromatic heterocycles. The maximum absolute atomic E-state index is 13.2. The van der Waals surface area contributed by atoms with E-state index in [2.05, 4.69) is 29.6 Å². The molecule has 2 aliphatic heterocycles. The van der Waals surface area contributed by atoms with Crippen molar-refractivity contribution in [2.75, 3.05) is 22.9 Å². The van der Waals surface area contributed by atoms with E-state index in [4.69, 9.17) is 0 Å². The van der Waals surface area contributed by atoms with Crippen molar-refractivity contribution in [3.8, 4) is 0 Å². The van der Waals surface area contributed by atoms with Crippen LogP contribution in [0.5, 0.6) is 0 Å². The van der Waals surface area contributed by atoms with Gasteiger partial charge in [-0.25, -0.2) is 9.37 Å². The van der Waals surface area contributed by atoms with Gasteiger partial charge in [-0.2, -0.15) is 8.75 Å². The molecular formula is C17H16FN5S. The fraction of sp³-hybridized carbons (Fsp3) is 0.353. The van der Waals surface area contributed by atoms with E-state index in [0.717, 1.165) is 47.7 Å². The van der Waals surface area contributed by atoms with Crippen LogP contribution in [0.25, 0.3) is 11.2 Å². The number of fused-ring (bicyclic) bond motifs is 3. The third-order valence-electron chi connectivity index (χ3n) is 5.05. The van der Waals surface area contributed by atoms with Crippen LogP contribution in [0.2, 0.25) is 0 Å². The molecule has 1 aromatic carbocycles. The van der Waals surface area contributed by atoms with E-state index >= 15 is 0 Å². The molecule has 2 atom stereocenters. The molecule has 2 bridgehead atoms. The van der Waals surface area contributed by atoms with Gasteiger partial charge in [0.2, 0.25) is 0 Å². The lowest BCUT2D eigenvalue weighted by atomic mass is 10.2. The molecule has 0 saturated carbocycles. The molecule has 7 heteroatoms. The summed E-state index contributed by atoms with van der Waals surface area (Å²) in [7, 11) is 0. The summed E-state index contributed by atoms with van der Waals surface area (Å²) in [5, 5.41) is 0. The van der Waals surface area contributed by atoms with Gasteiger partial charge in [-0.05, 0) is 43.7 Å². The first-order valence-electron chi connectivity index (χ1n) is 8.08. The van der Waals surface area contributed by atoms with Gasteiger partial charge in [-0.1, -0.05) is 0 Å². The van der Waals surface area contributed by atoms with Crippen LogP contribution < -0.4 is 9.80 Å². The van der Waals surface area contributed by atoms with Crippen LogP contribution in [0.4, 0.5) is 15.8 Å². The zero-order valence-electron chi connectivity index (χ0n) is 13.2. The third kappa shape index (κ3) is 2.07. The zero-order chi connectivity index (χ0) is 16.3. The van der Waals surface area contributed by atoms with Gasteiger partial charge in [0, 0.05) is 36.6 Å². The van der Waals surface area contributed by atoms with Gasteiger partial charge >= 0.3 is 0 Å². The average Bonchev–Trinajstić information content (AvgIpc) is 3.29. The maximum Gasteiger partial charge on any atom is 0.195 e. The summed E-state index contributed by atoms with van der Waals surface area (Å²) >= 11 is 1.22. The second kappa shape index (κ2) is 5.11. The molecule has 2 fully saturated rings. The second-order valence-electron chi connectivity index (χ2n) is 6.54. The van der Waals surface area contributed by atoms with E-state index < -0.39 is 0 Å². The van der Waals surface area contributed by atoms with Crippen LogP contribution in [0.3, 0.4) is 0 Å². The van der Waals surface area contributed by atoms with Crippen LogP contribution in [0.15, 0.2) is 30.3 Å². The predicted molar refractivity (Wildman–Crippen MR) is 93.2 cm³/mol. The lowest BCUT2D eigenvalue weighted by Gasteiger charge is -2.37. The molecule has 122 valence electrons. The molecule has 24 heavy (non-hydrogen) atoms. The van der Waals surface area contributed by atoms with E-state index in [1.54, 1.807) is 0 Å². The van der Waals surface area contributed by atoms with Gasteiger partial charge < -0.3 is 9.80 Å². The Balaban J connectivity index is 1.46. The smallest absolute Gasteiger partial charge is 0.195 e. The van der Waals surface area contributed by atoms with E-state index in [9.17, 15) is 4.39 Å². The molecule has 0 amide bonds. The minimum atomic E-state index is -0.185. The Morgan fingerprint density at radius 3 is 2.58 bits per heavy atom. The number of piperazine rings is 1. The van der Waals surface area contributed by atoms with E-state index in [-0.39, 0.29) is 5.82 Å². The van der Waals surface area contributed by atoms with Gasteiger partial charge in [0.25, 0.3) is 0 Å². The number of halogens is 1. The maximum atomic E-state index is 13.2. The number of benzene rings is 1. The number of pyridine rings is 1. The molecule has 5 rings (SSSR count). The van der Waals surface area contributed by atoms with Gasteiger partial charge in [0.15, 0.2) is 5.65 Å². The molecule has 2 aliphatic rings. The van der Waals surface area contributed by atoms with Gasteiger partial charge in [-0.3, -0.25) is 0 Å². The van der Waals surface area contributed by atoms with Crippen molar-refractivity contribution in [2.24, 2.45) is 0 Å². The van der Waals surface area contributed by atoms with E-state index in [1.165, 1.54) is 23.9 Å². The fourth-order valence-electron chi connectivity index (χ4n) is 4.01. The minimum absolute atomic E-state index is 0.185. The Morgan fingerprint density at radius 2 is 1.83 bits per heavy atom. The molecule has 4 heterocycles. The normalized spacial score (nSPS) is 22.8. The second-order valence-corrected chi connectivity index (χ2v) is 7.07.